The van der Waals surface area contributed by atoms with Crippen molar-refractivity contribution in [3.8, 4) is 5.75 Å². The van der Waals surface area contributed by atoms with Gasteiger partial charge in [0.25, 0.3) is 0 Å². The van der Waals surface area contributed by atoms with Gasteiger partial charge in [-0.2, -0.15) is 0 Å². The van der Waals surface area contributed by atoms with Gasteiger partial charge in [0.15, 0.2) is 0 Å². The van der Waals surface area contributed by atoms with Gasteiger partial charge in [-0.25, -0.2) is 4.79 Å². The molecule has 1 saturated heterocycles. The topological polar surface area (TPSA) is 105 Å². The number of nitrogens with zero attached hydrogens (tertiary/aromatic N) is 1. The third-order valence-corrected chi connectivity index (χ3v) is 8.10. The van der Waals surface area contributed by atoms with Gasteiger partial charge >= 0.3 is 11.9 Å². The number of ether oxygens (including phenoxy) is 2. The van der Waals surface area contributed by atoms with Crippen molar-refractivity contribution in [1.82, 2.24) is 10.2 Å². The van der Waals surface area contributed by atoms with E-state index in [4.69, 9.17) is 32.7 Å². The van der Waals surface area contributed by atoms with Crippen LogP contribution in [0.3, 0.4) is 0 Å². The summed E-state index contributed by atoms with van der Waals surface area (Å²) in [4.78, 5) is 40.4. The second kappa shape index (κ2) is 14.9. The maximum Gasteiger partial charge on any atom is 0.326 e. The Morgan fingerprint density at radius 2 is 1.59 bits per heavy atom. The van der Waals surface area contributed by atoms with Crippen LogP contribution in [0.25, 0.3) is 0 Å². The van der Waals surface area contributed by atoms with E-state index in [2.05, 4.69) is 5.32 Å². The number of esters is 1. The number of carbonyl (C=O) groups is 3. The minimum Gasteiger partial charge on any atom is -0.489 e. The van der Waals surface area contributed by atoms with Gasteiger partial charge in [0, 0.05) is 41.0 Å². The number of aliphatic carboxylic acids is 1. The van der Waals surface area contributed by atoms with Crippen LogP contribution in [-0.2, 0) is 38.7 Å². The number of rotatable bonds is 12. The van der Waals surface area contributed by atoms with Gasteiger partial charge in [-0.15, -0.1) is 0 Å². The van der Waals surface area contributed by atoms with Gasteiger partial charge in [0.2, 0.25) is 5.91 Å². The number of carbonyl (C=O) groups excluding carboxylic acids is 2. The van der Waals surface area contributed by atoms with Crippen molar-refractivity contribution >= 4 is 41.0 Å². The summed E-state index contributed by atoms with van der Waals surface area (Å²) >= 11 is 12.4. The largest absolute Gasteiger partial charge is 0.489 e. The lowest BCUT2D eigenvalue weighted by atomic mass is 10.0. The highest BCUT2D eigenvalue weighted by Crippen LogP contribution is 2.31. The van der Waals surface area contributed by atoms with Gasteiger partial charge in [-0.05, 0) is 69.0 Å². The summed E-state index contributed by atoms with van der Waals surface area (Å²) in [5.74, 6) is -1.27. The minimum absolute atomic E-state index is 0.0628. The fourth-order valence-electron chi connectivity index (χ4n) is 5.26. The second-order valence-electron chi connectivity index (χ2n) is 11.9. The Labute approximate surface area is 268 Å². The molecule has 0 aliphatic carbocycles. The standard InChI is InChI=1S/C34H38Cl2N2O6/c1-34(2,3)44-33(42)30-17-14-24(38(30)20-23-8-5-4-6-9-23)19-31(39)37-29(32(40)41)18-22-12-15-25(16-13-22)43-21-26-27(35)10-7-11-28(26)36/h4-13,15-16,24,29-30H,14,17-21H2,1-3H3,(H,37,39)(H,40,41)/t24-,29+,30+/m1/s1. The highest BCUT2D eigenvalue weighted by molar-refractivity contribution is 6.35. The van der Waals surface area contributed by atoms with Gasteiger partial charge in [0.05, 0.1) is 0 Å². The number of amides is 1. The Balaban J connectivity index is 1.37. The lowest BCUT2D eigenvalue weighted by Crippen LogP contribution is -2.47. The molecule has 1 fully saturated rings. The van der Waals surface area contributed by atoms with E-state index in [1.165, 1.54) is 0 Å². The van der Waals surface area contributed by atoms with Crippen molar-refractivity contribution in [2.75, 3.05) is 0 Å². The molecule has 0 radical (unpaired) electrons. The van der Waals surface area contributed by atoms with Gasteiger partial charge in [-0.3, -0.25) is 14.5 Å². The van der Waals surface area contributed by atoms with E-state index in [9.17, 15) is 19.5 Å². The zero-order valence-corrected chi connectivity index (χ0v) is 26.6. The maximum atomic E-state index is 13.2. The van der Waals surface area contributed by atoms with Gasteiger partial charge in [0.1, 0.15) is 30.0 Å². The minimum atomic E-state index is -1.13. The van der Waals surface area contributed by atoms with Gasteiger partial charge in [-0.1, -0.05) is 71.7 Å². The molecule has 0 aromatic heterocycles. The molecule has 3 atom stereocenters. The summed E-state index contributed by atoms with van der Waals surface area (Å²) in [6.07, 6.45) is 1.33. The lowest BCUT2D eigenvalue weighted by Gasteiger charge is -2.31. The molecule has 1 aliphatic rings. The monoisotopic (exact) mass is 640 g/mol. The molecule has 1 aliphatic heterocycles. The van der Waals surface area contributed by atoms with Crippen molar-refractivity contribution in [2.45, 2.75) is 83.3 Å². The number of carboxylic acid groups (broad SMARTS) is 1. The van der Waals surface area contributed by atoms with E-state index in [1.54, 1.807) is 42.5 Å². The van der Waals surface area contributed by atoms with Crippen LogP contribution in [0.15, 0.2) is 72.8 Å². The predicted molar refractivity (Wildman–Crippen MR) is 170 cm³/mol. The van der Waals surface area contributed by atoms with Crippen LogP contribution in [0.4, 0.5) is 0 Å². The van der Waals surface area contributed by atoms with E-state index in [1.807, 2.05) is 56.0 Å². The predicted octanol–water partition coefficient (Wildman–Crippen LogP) is 6.45. The zero-order valence-electron chi connectivity index (χ0n) is 25.1. The van der Waals surface area contributed by atoms with E-state index < -0.39 is 23.7 Å². The number of nitrogens with one attached hydrogen (secondary N) is 1. The van der Waals surface area contributed by atoms with Crippen molar-refractivity contribution in [2.24, 2.45) is 0 Å². The average Bonchev–Trinajstić information content (AvgIpc) is 3.34. The molecule has 0 spiro atoms. The molecule has 10 heteroatoms. The average molecular weight is 642 g/mol. The molecule has 8 nitrogen and oxygen atoms in total. The Morgan fingerprint density at radius 1 is 0.932 bits per heavy atom. The Hall–Kier alpha value is -3.59. The Morgan fingerprint density at radius 3 is 2.20 bits per heavy atom. The Bertz CT molecular complexity index is 1420. The molecule has 3 aromatic carbocycles. The number of halogens is 2. The first-order valence-corrected chi connectivity index (χ1v) is 15.3. The highest BCUT2D eigenvalue weighted by Gasteiger charge is 2.41. The molecular weight excluding hydrogens is 603 g/mol. The second-order valence-corrected chi connectivity index (χ2v) is 12.8. The first-order valence-electron chi connectivity index (χ1n) is 14.6. The molecule has 1 amide bonds. The molecule has 0 unspecified atom stereocenters. The SMILES string of the molecule is CC(C)(C)OC(=O)[C@@H]1CC[C@H](CC(=O)N[C@@H](Cc2ccc(OCc3c(Cl)cccc3Cl)cc2)C(=O)O)N1Cc1ccccc1. The quantitative estimate of drug-likeness (QED) is 0.219. The lowest BCUT2D eigenvalue weighted by molar-refractivity contribution is -0.161. The van der Waals surface area contributed by atoms with E-state index >= 15 is 0 Å². The smallest absolute Gasteiger partial charge is 0.326 e. The van der Waals surface area contributed by atoms with Crippen LogP contribution in [-0.4, -0.2) is 51.6 Å². The van der Waals surface area contributed by atoms with Crippen LogP contribution in [0.5, 0.6) is 5.75 Å². The van der Waals surface area contributed by atoms with Crippen LogP contribution < -0.4 is 10.1 Å². The normalized spacial score (nSPS) is 17.6. The zero-order chi connectivity index (χ0) is 31.9. The summed E-state index contributed by atoms with van der Waals surface area (Å²) in [5, 5.41) is 13.6. The van der Waals surface area contributed by atoms with E-state index in [0.717, 1.165) is 11.1 Å². The molecule has 0 bridgehead atoms. The van der Waals surface area contributed by atoms with Crippen molar-refractivity contribution in [3.05, 3.63) is 99.5 Å². The number of carboxylic acids is 1. The molecule has 2 N–H and O–H groups in total. The van der Waals surface area contributed by atoms with Crippen LogP contribution in [0.2, 0.25) is 10.0 Å². The van der Waals surface area contributed by atoms with Gasteiger partial charge < -0.3 is 19.9 Å². The van der Waals surface area contributed by atoms with Crippen molar-refractivity contribution in [1.29, 1.82) is 0 Å². The van der Waals surface area contributed by atoms with Crippen LogP contribution >= 0.6 is 23.2 Å². The highest BCUT2D eigenvalue weighted by atomic mass is 35.5. The first kappa shape index (κ1) is 33.3. The van der Waals surface area contributed by atoms with E-state index in [-0.39, 0.29) is 37.4 Å². The summed E-state index contributed by atoms with van der Waals surface area (Å²) < 4.78 is 11.5. The summed E-state index contributed by atoms with van der Waals surface area (Å²) in [7, 11) is 0. The molecule has 4 rings (SSSR count). The maximum absolute atomic E-state index is 13.2. The molecule has 3 aromatic rings. The molecule has 0 saturated carbocycles. The summed E-state index contributed by atoms with van der Waals surface area (Å²) in [5.41, 5.74) is 1.78. The third kappa shape index (κ3) is 9.45. The number of likely N-dealkylation sites (tertiary alicyclic amines) is 1. The summed E-state index contributed by atoms with van der Waals surface area (Å²) in [6.45, 7) is 6.14. The first-order chi connectivity index (χ1) is 20.9. The number of benzene rings is 3. The fraction of sp³-hybridized carbons (Fsp3) is 0.382. The summed E-state index contributed by atoms with van der Waals surface area (Å²) in [6, 6.07) is 20.1. The van der Waals surface area contributed by atoms with Crippen LogP contribution in [0, 0.1) is 0 Å². The number of hydrogen-bond acceptors (Lipinski definition) is 6. The molecule has 44 heavy (non-hydrogen) atoms. The Kier molecular flexibility index (Phi) is 11.3. The van der Waals surface area contributed by atoms with Crippen molar-refractivity contribution in [3.63, 3.8) is 0 Å². The van der Waals surface area contributed by atoms with Crippen LogP contribution in [0.1, 0.15) is 56.7 Å². The molecule has 234 valence electrons. The molecular formula is C34H38Cl2N2O6. The van der Waals surface area contributed by atoms with E-state index in [0.29, 0.717) is 40.7 Å². The number of hydrogen-bond donors (Lipinski definition) is 2. The fourth-order valence-corrected chi connectivity index (χ4v) is 5.77. The van der Waals surface area contributed by atoms with Crippen molar-refractivity contribution < 1.29 is 29.0 Å². The third-order valence-electron chi connectivity index (χ3n) is 7.39. The molecule has 1 heterocycles.